The predicted octanol–water partition coefficient (Wildman–Crippen LogP) is 20.7. The number of phosphoric acid groups is 1. The molecule has 0 aromatic carbocycles. The van der Waals surface area contributed by atoms with Crippen molar-refractivity contribution in [3.8, 4) is 0 Å². The molecule has 0 bridgehead atoms. The van der Waals surface area contributed by atoms with Crippen LogP contribution in [0.2, 0.25) is 0 Å². The first-order valence-electron chi connectivity index (χ1n) is 33.2. The van der Waals surface area contributed by atoms with Gasteiger partial charge in [-0.2, -0.15) is 0 Å². The molecular weight excluding hydrogens is 948 g/mol. The van der Waals surface area contributed by atoms with Crippen LogP contribution in [0.4, 0.5) is 0 Å². The molecule has 0 aromatic heterocycles. The van der Waals surface area contributed by atoms with E-state index in [0.29, 0.717) is 23.9 Å². The third-order valence-corrected chi connectivity index (χ3v) is 16.4. The predicted molar refractivity (Wildman–Crippen MR) is 328 cm³/mol. The van der Waals surface area contributed by atoms with Crippen LogP contribution in [0, 0.1) is 0 Å². The first-order valence-corrected chi connectivity index (χ1v) is 34.7. The molecule has 0 saturated heterocycles. The highest BCUT2D eigenvalue weighted by atomic mass is 31.2. The third-order valence-electron chi connectivity index (χ3n) is 15.5. The van der Waals surface area contributed by atoms with Crippen molar-refractivity contribution >= 4 is 13.7 Å². The van der Waals surface area contributed by atoms with E-state index in [0.717, 1.165) is 44.9 Å². The SMILES string of the molecule is CCCCCCC/C=C\C/C=C\CCCCCCCCCCCCCCCCCC(=O)NC(COP(=O)(O)OCC[N+](C)(C)C)C(O)CCCCCCCCCCCCCCCCCCCCCCCCCCCC. The summed E-state index contributed by atoms with van der Waals surface area (Å²) in [6.07, 6.45) is 74.0. The number of nitrogens with one attached hydrogen (secondary N) is 1. The van der Waals surface area contributed by atoms with E-state index in [-0.39, 0.29) is 19.1 Å². The van der Waals surface area contributed by atoms with Crippen LogP contribution >= 0.6 is 7.82 Å². The Morgan fingerprint density at radius 3 is 1.09 bits per heavy atom. The summed E-state index contributed by atoms with van der Waals surface area (Å²) in [5.41, 5.74) is 0. The lowest BCUT2D eigenvalue weighted by atomic mass is 10.0. The Hall–Kier alpha value is -1.02. The van der Waals surface area contributed by atoms with Crippen molar-refractivity contribution in [2.75, 3.05) is 40.9 Å². The Morgan fingerprint density at radius 1 is 0.453 bits per heavy atom. The molecule has 446 valence electrons. The monoisotopic (exact) mass is 1080 g/mol. The number of carbonyl (C=O) groups is 1. The number of quaternary nitrogens is 1. The van der Waals surface area contributed by atoms with Gasteiger partial charge in [-0.1, -0.05) is 314 Å². The van der Waals surface area contributed by atoms with Crippen LogP contribution in [0.5, 0.6) is 0 Å². The van der Waals surface area contributed by atoms with Gasteiger partial charge in [0.25, 0.3) is 0 Å². The van der Waals surface area contributed by atoms with Gasteiger partial charge in [-0.05, 0) is 44.9 Å². The van der Waals surface area contributed by atoms with E-state index in [1.54, 1.807) is 0 Å². The number of amides is 1. The number of nitrogens with zero attached hydrogens (tertiary/aromatic N) is 1. The molecule has 3 atom stereocenters. The van der Waals surface area contributed by atoms with Gasteiger partial charge in [-0.3, -0.25) is 13.8 Å². The van der Waals surface area contributed by atoms with Gasteiger partial charge in [0.1, 0.15) is 13.2 Å². The Labute approximate surface area is 468 Å². The molecule has 75 heavy (non-hydrogen) atoms. The summed E-state index contributed by atoms with van der Waals surface area (Å²) in [5, 5.41) is 14.1. The fourth-order valence-corrected chi connectivity index (χ4v) is 11.0. The van der Waals surface area contributed by atoms with Gasteiger partial charge in [-0.15, -0.1) is 0 Å². The number of aliphatic hydroxyl groups is 1. The van der Waals surface area contributed by atoms with E-state index in [2.05, 4.69) is 43.5 Å². The lowest BCUT2D eigenvalue weighted by Crippen LogP contribution is -2.46. The molecule has 0 spiro atoms. The molecule has 0 rings (SSSR count). The zero-order chi connectivity index (χ0) is 54.9. The maximum Gasteiger partial charge on any atom is 0.472 e. The first kappa shape index (κ1) is 74.0. The van der Waals surface area contributed by atoms with Crippen molar-refractivity contribution in [2.24, 2.45) is 0 Å². The molecule has 8 nitrogen and oxygen atoms in total. The van der Waals surface area contributed by atoms with Crippen LogP contribution in [-0.4, -0.2) is 73.4 Å². The van der Waals surface area contributed by atoms with E-state index in [4.69, 9.17) is 9.05 Å². The van der Waals surface area contributed by atoms with Crippen LogP contribution in [-0.2, 0) is 18.4 Å². The minimum atomic E-state index is -4.33. The van der Waals surface area contributed by atoms with E-state index in [1.807, 2.05) is 21.1 Å². The summed E-state index contributed by atoms with van der Waals surface area (Å²) < 4.78 is 23.9. The van der Waals surface area contributed by atoms with E-state index < -0.39 is 20.0 Å². The van der Waals surface area contributed by atoms with Gasteiger partial charge in [-0.25, -0.2) is 4.57 Å². The van der Waals surface area contributed by atoms with Crippen molar-refractivity contribution in [3.05, 3.63) is 24.3 Å². The summed E-state index contributed by atoms with van der Waals surface area (Å²) in [6, 6.07) is -0.760. The number of carbonyl (C=O) groups excluding carboxylic acids is 1. The average Bonchev–Trinajstić information content (AvgIpc) is 3.37. The molecule has 0 fully saturated rings. The number of aliphatic hydroxyl groups excluding tert-OH is 1. The summed E-state index contributed by atoms with van der Waals surface area (Å²) in [7, 11) is 1.63. The Balaban J connectivity index is 4.05. The second-order valence-electron chi connectivity index (χ2n) is 24.2. The molecule has 0 saturated carbocycles. The van der Waals surface area contributed by atoms with Gasteiger partial charge >= 0.3 is 7.82 Å². The number of likely N-dealkylation sites (N-methyl/N-ethyl adjacent to an activating group) is 1. The minimum Gasteiger partial charge on any atom is -0.391 e. The maximum absolute atomic E-state index is 13.1. The topological polar surface area (TPSA) is 105 Å². The summed E-state index contributed by atoms with van der Waals surface area (Å²) in [6.45, 7) is 4.93. The van der Waals surface area contributed by atoms with E-state index >= 15 is 0 Å². The highest BCUT2D eigenvalue weighted by Crippen LogP contribution is 2.43. The molecule has 0 aliphatic carbocycles. The van der Waals surface area contributed by atoms with E-state index in [1.165, 1.54) is 270 Å². The number of hydrogen-bond donors (Lipinski definition) is 3. The number of hydrogen-bond acceptors (Lipinski definition) is 5. The summed E-state index contributed by atoms with van der Waals surface area (Å²) >= 11 is 0. The first-order chi connectivity index (χ1) is 36.5. The zero-order valence-electron chi connectivity index (χ0n) is 51.1. The zero-order valence-corrected chi connectivity index (χ0v) is 52.0. The molecule has 0 aliphatic heterocycles. The molecule has 3 unspecified atom stereocenters. The van der Waals surface area contributed by atoms with Crippen molar-refractivity contribution in [2.45, 2.75) is 353 Å². The molecule has 0 radical (unpaired) electrons. The van der Waals surface area contributed by atoms with Gasteiger partial charge in [0, 0.05) is 6.42 Å². The van der Waals surface area contributed by atoms with Gasteiger partial charge in [0.2, 0.25) is 5.91 Å². The van der Waals surface area contributed by atoms with Crippen molar-refractivity contribution < 1.29 is 32.9 Å². The molecule has 0 aliphatic rings. The Kier molecular flexibility index (Phi) is 56.9. The smallest absolute Gasteiger partial charge is 0.391 e. The van der Waals surface area contributed by atoms with Crippen molar-refractivity contribution in [1.82, 2.24) is 5.32 Å². The van der Waals surface area contributed by atoms with Crippen LogP contribution in [0.25, 0.3) is 0 Å². The van der Waals surface area contributed by atoms with Crippen LogP contribution < -0.4 is 5.32 Å². The molecule has 0 heterocycles. The third kappa shape index (κ3) is 60.5. The minimum absolute atomic E-state index is 0.0769. The second kappa shape index (κ2) is 57.7. The van der Waals surface area contributed by atoms with Gasteiger partial charge in [0.05, 0.1) is 39.9 Å². The van der Waals surface area contributed by atoms with Crippen LogP contribution in [0.3, 0.4) is 0 Å². The average molecular weight is 1080 g/mol. The van der Waals surface area contributed by atoms with Gasteiger partial charge < -0.3 is 19.8 Å². The highest BCUT2D eigenvalue weighted by molar-refractivity contribution is 7.47. The maximum atomic E-state index is 13.1. The number of phosphoric ester groups is 1. The second-order valence-corrected chi connectivity index (χ2v) is 25.7. The quantitative estimate of drug-likeness (QED) is 0.0243. The molecular formula is C66H132N2O6P+. The Morgan fingerprint density at radius 2 is 0.760 bits per heavy atom. The van der Waals surface area contributed by atoms with Gasteiger partial charge in [0.15, 0.2) is 0 Å². The highest BCUT2D eigenvalue weighted by Gasteiger charge is 2.28. The normalized spacial score (nSPS) is 13.9. The lowest BCUT2D eigenvalue weighted by Gasteiger charge is -2.26. The van der Waals surface area contributed by atoms with Crippen LogP contribution in [0.1, 0.15) is 341 Å². The van der Waals surface area contributed by atoms with Crippen molar-refractivity contribution in [1.29, 1.82) is 0 Å². The molecule has 3 N–H and O–H groups in total. The Bertz CT molecular complexity index is 1270. The number of rotatable bonds is 62. The van der Waals surface area contributed by atoms with Crippen molar-refractivity contribution in [3.63, 3.8) is 0 Å². The summed E-state index contributed by atoms with van der Waals surface area (Å²) in [4.78, 5) is 23.4. The largest absolute Gasteiger partial charge is 0.472 e. The number of unbranched alkanes of at least 4 members (excludes halogenated alkanes) is 45. The number of allylic oxidation sites excluding steroid dienone is 4. The molecule has 1 amide bonds. The van der Waals surface area contributed by atoms with E-state index in [9.17, 15) is 19.4 Å². The molecule has 0 aromatic rings. The van der Waals surface area contributed by atoms with Crippen LogP contribution in [0.15, 0.2) is 24.3 Å². The lowest BCUT2D eigenvalue weighted by molar-refractivity contribution is -0.870. The standard InChI is InChI=1S/C66H131N2O6P/c1-6-8-10-12-14-16-18-20-22-24-26-28-30-32-34-36-38-40-42-44-46-48-50-52-54-56-58-60-66(70)67-64(63-74-75(71,72)73-62-61-68(3,4)5)65(69)59-57-55-53-51-49-47-45-43-41-39-37-35-33-31-29-27-25-23-21-19-17-15-13-11-9-7-2/h18,20,24,26,64-65,69H,6-17,19,21-23,25,27-63H2,1-5H3,(H-,67,70,71,72)/p+1/b20-18-,26-24-. The fraction of sp³-hybridized carbons (Fsp3) is 0.924. The summed E-state index contributed by atoms with van der Waals surface area (Å²) in [5.74, 6) is -0.138. The fourth-order valence-electron chi connectivity index (χ4n) is 10.3. The molecule has 9 heteroatoms.